The highest BCUT2D eigenvalue weighted by molar-refractivity contribution is 7.92. The van der Waals surface area contributed by atoms with Gasteiger partial charge in [0.15, 0.2) is 9.84 Å². The maximum absolute atomic E-state index is 13.0. The summed E-state index contributed by atoms with van der Waals surface area (Å²) in [5.41, 5.74) is 4.03. The van der Waals surface area contributed by atoms with Gasteiger partial charge in [0.1, 0.15) is 0 Å². The van der Waals surface area contributed by atoms with E-state index in [4.69, 9.17) is 4.42 Å². The molecule has 6 heteroatoms. The number of fused-ring (bicyclic) bond motifs is 3. The molecule has 1 saturated heterocycles. The standard InChI is InChI=1S/C20H18N2O3S/c23-26(24)19-4-3-15(16-5-7-25-13-16)8-17(19)18-11-22(12-20(18)26)10-14-2-1-6-21-9-14/h1-9,13,18,20H,10-12H2. The van der Waals surface area contributed by atoms with Crippen molar-refractivity contribution in [3.8, 4) is 11.1 Å². The lowest BCUT2D eigenvalue weighted by molar-refractivity contribution is 0.325. The summed E-state index contributed by atoms with van der Waals surface area (Å²) in [5.74, 6) is 0.0264. The van der Waals surface area contributed by atoms with Gasteiger partial charge in [0, 0.05) is 43.5 Å². The molecule has 0 bridgehead atoms. The minimum atomic E-state index is -3.27. The van der Waals surface area contributed by atoms with Gasteiger partial charge < -0.3 is 4.42 Å². The fraction of sp³-hybridized carbons (Fsp3) is 0.250. The van der Waals surface area contributed by atoms with Gasteiger partial charge in [-0.3, -0.25) is 9.88 Å². The van der Waals surface area contributed by atoms with Gasteiger partial charge in [-0.2, -0.15) is 0 Å². The highest BCUT2D eigenvalue weighted by atomic mass is 32.2. The molecule has 0 N–H and O–H groups in total. The Bertz CT molecular complexity index is 1050. The van der Waals surface area contributed by atoms with E-state index < -0.39 is 9.84 Å². The van der Waals surface area contributed by atoms with E-state index in [1.807, 2.05) is 36.5 Å². The Morgan fingerprint density at radius 2 is 2.08 bits per heavy atom. The number of sulfone groups is 1. The van der Waals surface area contributed by atoms with E-state index >= 15 is 0 Å². The van der Waals surface area contributed by atoms with Gasteiger partial charge in [0.25, 0.3) is 0 Å². The number of hydrogen-bond acceptors (Lipinski definition) is 5. The molecule has 0 radical (unpaired) electrons. The molecular formula is C20H18N2O3S. The summed E-state index contributed by atoms with van der Waals surface area (Å²) < 4.78 is 31.2. The van der Waals surface area contributed by atoms with Gasteiger partial charge in [-0.15, -0.1) is 0 Å². The quantitative estimate of drug-likeness (QED) is 0.713. The van der Waals surface area contributed by atoms with Crippen LogP contribution in [0.1, 0.15) is 17.0 Å². The first-order chi connectivity index (χ1) is 12.6. The zero-order valence-corrected chi connectivity index (χ0v) is 14.9. The summed E-state index contributed by atoms with van der Waals surface area (Å²) in [5, 5.41) is -0.353. The summed E-state index contributed by atoms with van der Waals surface area (Å²) in [4.78, 5) is 6.87. The minimum absolute atomic E-state index is 0.0264. The maximum atomic E-state index is 13.0. The largest absolute Gasteiger partial charge is 0.472 e. The molecule has 0 amide bonds. The van der Waals surface area contributed by atoms with Gasteiger partial charge in [-0.05, 0) is 41.0 Å². The van der Waals surface area contributed by atoms with E-state index in [9.17, 15) is 8.42 Å². The molecule has 2 aromatic heterocycles. The molecule has 26 heavy (non-hydrogen) atoms. The van der Waals surface area contributed by atoms with Crippen molar-refractivity contribution in [1.29, 1.82) is 0 Å². The average Bonchev–Trinajstić information content (AvgIpc) is 3.35. The van der Waals surface area contributed by atoms with Crippen molar-refractivity contribution in [2.24, 2.45) is 0 Å². The van der Waals surface area contributed by atoms with E-state index in [-0.39, 0.29) is 11.2 Å². The Labute approximate surface area is 152 Å². The third-order valence-corrected chi connectivity index (χ3v) is 7.70. The van der Waals surface area contributed by atoms with E-state index in [1.165, 1.54) is 0 Å². The van der Waals surface area contributed by atoms with Gasteiger partial charge in [0.2, 0.25) is 0 Å². The third-order valence-electron chi connectivity index (χ3n) is 5.44. The lowest BCUT2D eigenvalue weighted by atomic mass is 9.95. The van der Waals surface area contributed by atoms with Gasteiger partial charge >= 0.3 is 0 Å². The van der Waals surface area contributed by atoms with Crippen LogP contribution in [-0.2, 0) is 16.4 Å². The van der Waals surface area contributed by atoms with Gasteiger partial charge in [-0.25, -0.2) is 8.42 Å². The molecule has 2 aliphatic heterocycles. The molecule has 0 spiro atoms. The van der Waals surface area contributed by atoms with Crippen LogP contribution in [0.5, 0.6) is 0 Å². The molecule has 1 aromatic carbocycles. The summed E-state index contributed by atoms with van der Waals surface area (Å²) >= 11 is 0. The van der Waals surface area contributed by atoms with Crippen LogP contribution in [0.2, 0.25) is 0 Å². The van der Waals surface area contributed by atoms with Crippen LogP contribution in [0, 0.1) is 0 Å². The lowest BCUT2D eigenvalue weighted by Crippen LogP contribution is -2.25. The molecular weight excluding hydrogens is 348 g/mol. The van der Waals surface area contributed by atoms with Crippen LogP contribution in [0.3, 0.4) is 0 Å². The van der Waals surface area contributed by atoms with Crippen LogP contribution in [0.4, 0.5) is 0 Å². The molecule has 132 valence electrons. The summed E-state index contributed by atoms with van der Waals surface area (Å²) in [6, 6.07) is 11.5. The van der Waals surface area contributed by atoms with Crippen LogP contribution >= 0.6 is 0 Å². The second kappa shape index (κ2) is 5.79. The highest BCUT2D eigenvalue weighted by Crippen LogP contribution is 2.46. The van der Waals surface area contributed by atoms with E-state index in [0.717, 1.165) is 35.3 Å². The van der Waals surface area contributed by atoms with Crippen molar-refractivity contribution in [3.05, 3.63) is 72.4 Å². The maximum Gasteiger partial charge on any atom is 0.183 e. The van der Waals surface area contributed by atoms with Crippen molar-refractivity contribution in [1.82, 2.24) is 9.88 Å². The Kier molecular flexibility index (Phi) is 3.52. The summed E-state index contributed by atoms with van der Waals surface area (Å²) in [7, 11) is -3.27. The molecule has 3 aromatic rings. The second-order valence-electron chi connectivity index (χ2n) is 7.01. The molecule has 0 aliphatic carbocycles. The van der Waals surface area contributed by atoms with Crippen molar-refractivity contribution in [2.75, 3.05) is 13.1 Å². The first-order valence-corrected chi connectivity index (χ1v) is 10.2. The normalized spacial score (nSPS) is 23.7. The number of furan rings is 1. The number of benzene rings is 1. The van der Waals surface area contributed by atoms with Crippen LogP contribution < -0.4 is 0 Å². The molecule has 2 aliphatic rings. The van der Waals surface area contributed by atoms with Crippen molar-refractivity contribution in [2.45, 2.75) is 22.6 Å². The molecule has 5 nitrogen and oxygen atoms in total. The number of nitrogens with zero attached hydrogens (tertiary/aromatic N) is 2. The SMILES string of the molecule is O=S1(=O)c2ccc(-c3ccoc3)cc2C2CN(Cc3cccnc3)CC21. The Morgan fingerprint density at radius 3 is 2.85 bits per heavy atom. The number of pyridine rings is 1. The first-order valence-electron chi connectivity index (χ1n) is 8.64. The van der Waals surface area contributed by atoms with Gasteiger partial charge in [-0.1, -0.05) is 12.1 Å². The smallest absolute Gasteiger partial charge is 0.183 e. The molecule has 0 saturated carbocycles. The molecule has 2 atom stereocenters. The minimum Gasteiger partial charge on any atom is -0.472 e. The van der Waals surface area contributed by atoms with E-state index in [2.05, 4.69) is 9.88 Å². The number of hydrogen-bond donors (Lipinski definition) is 0. The predicted molar refractivity (Wildman–Crippen MR) is 97.4 cm³/mol. The fourth-order valence-corrected chi connectivity index (χ4v) is 6.41. The summed E-state index contributed by atoms with van der Waals surface area (Å²) in [6.07, 6.45) is 6.91. The van der Waals surface area contributed by atoms with Crippen molar-refractivity contribution in [3.63, 3.8) is 0 Å². The monoisotopic (exact) mass is 366 g/mol. The third kappa shape index (κ3) is 2.40. The molecule has 1 fully saturated rings. The number of rotatable bonds is 3. The van der Waals surface area contributed by atoms with Crippen molar-refractivity contribution >= 4 is 9.84 Å². The summed E-state index contributed by atoms with van der Waals surface area (Å²) in [6.45, 7) is 2.05. The first kappa shape index (κ1) is 15.8. The predicted octanol–water partition coefficient (Wildman–Crippen LogP) is 3.10. The van der Waals surface area contributed by atoms with Gasteiger partial charge in [0.05, 0.1) is 22.7 Å². The second-order valence-corrected chi connectivity index (χ2v) is 9.15. The van der Waals surface area contributed by atoms with E-state index in [0.29, 0.717) is 11.4 Å². The Morgan fingerprint density at radius 1 is 1.15 bits per heavy atom. The molecule has 4 heterocycles. The molecule has 2 unspecified atom stereocenters. The Hall–Kier alpha value is -2.44. The van der Waals surface area contributed by atoms with E-state index in [1.54, 1.807) is 24.8 Å². The van der Waals surface area contributed by atoms with Crippen LogP contribution in [0.25, 0.3) is 11.1 Å². The lowest BCUT2D eigenvalue weighted by Gasteiger charge is -2.17. The Balaban J connectivity index is 1.49. The topological polar surface area (TPSA) is 63.4 Å². The number of aromatic nitrogens is 1. The molecule has 5 rings (SSSR count). The van der Waals surface area contributed by atoms with Crippen LogP contribution in [0.15, 0.2) is 70.6 Å². The fourth-order valence-electron chi connectivity index (χ4n) is 4.21. The average molecular weight is 366 g/mol. The highest BCUT2D eigenvalue weighted by Gasteiger charge is 2.50. The van der Waals surface area contributed by atoms with Crippen molar-refractivity contribution < 1.29 is 12.8 Å². The zero-order chi connectivity index (χ0) is 17.7. The zero-order valence-electron chi connectivity index (χ0n) is 14.1. The number of likely N-dealkylation sites (tertiary alicyclic amines) is 1. The van der Waals surface area contributed by atoms with Crippen LogP contribution in [-0.4, -0.2) is 36.6 Å².